The number of amides is 1. The molecule has 21 heavy (non-hydrogen) atoms. The molecule has 6 nitrogen and oxygen atoms in total. The minimum Gasteiger partial charge on any atom is -0.480 e. The molecule has 0 fully saturated rings. The van der Waals surface area contributed by atoms with E-state index in [0.717, 1.165) is 0 Å². The summed E-state index contributed by atoms with van der Waals surface area (Å²) in [4.78, 5) is 27.3. The van der Waals surface area contributed by atoms with Crippen molar-refractivity contribution in [2.45, 2.75) is 46.3 Å². The van der Waals surface area contributed by atoms with Crippen LogP contribution < -0.4 is 10.1 Å². The van der Waals surface area contributed by atoms with E-state index in [4.69, 9.17) is 9.84 Å². The van der Waals surface area contributed by atoms with Crippen molar-refractivity contribution in [2.75, 3.05) is 0 Å². The van der Waals surface area contributed by atoms with Crippen LogP contribution >= 0.6 is 0 Å². The molecule has 1 rings (SSSR count). The lowest BCUT2D eigenvalue weighted by Crippen LogP contribution is -2.41. The van der Waals surface area contributed by atoms with E-state index in [1.54, 1.807) is 12.1 Å². The molecule has 0 aliphatic carbocycles. The molecule has 1 atom stereocenters. The Morgan fingerprint density at radius 1 is 1.29 bits per heavy atom. The standard InChI is InChI=1S/C15H22N2O4/c1-9(2)8-12(15(19)20)17-14(18)11-6-5-7-13(16-11)21-10(3)4/h5-7,9-10,12H,8H2,1-4H3,(H,17,18)(H,19,20). The summed E-state index contributed by atoms with van der Waals surface area (Å²) in [6.45, 7) is 7.52. The minimum atomic E-state index is -1.05. The van der Waals surface area contributed by atoms with E-state index in [0.29, 0.717) is 12.3 Å². The maximum Gasteiger partial charge on any atom is 0.326 e. The fourth-order valence-electron chi connectivity index (χ4n) is 1.77. The zero-order valence-corrected chi connectivity index (χ0v) is 12.8. The van der Waals surface area contributed by atoms with Gasteiger partial charge < -0.3 is 15.2 Å². The fourth-order valence-corrected chi connectivity index (χ4v) is 1.77. The molecule has 0 bridgehead atoms. The Morgan fingerprint density at radius 2 is 1.95 bits per heavy atom. The van der Waals surface area contributed by atoms with Gasteiger partial charge in [-0.05, 0) is 32.3 Å². The number of hydrogen-bond donors (Lipinski definition) is 2. The molecule has 1 aromatic heterocycles. The van der Waals surface area contributed by atoms with Gasteiger partial charge in [0.2, 0.25) is 5.88 Å². The number of aliphatic carboxylic acids is 1. The van der Waals surface area contributed by atoms with Gasteiger partial charge in [-0.2, -0.15) is 0 Å². The van der Waals surface area contributed by atoms with Crippen LogP contribution in [0.3, 0.4) is 0 Å². The van der Waals surface area contributed by atoms with Gasteiger partial charge in [0.1, 0.15) is 11.7 Å². The molecule has 1 amide bonds. The maximum absolute atomic E-state index is 12.1. The van der Waals surface area contributed by atoms with Crippen molar-refractivity contribution in [2.24, 2.45) is 5.92 Å². The third kappa shape index (κ3) is 5.81. The second kappa shape index (κ2) is 7.61. The number of carbonyl (C=O) groups is 2. The number of rotatable bonds is 7. The lowest BCUT2D eigenvalue weighted by atomic mass is 10.0. The number of carboxylic acid groups (broad SMARTS) is 1. The Bertz CT molecular complexity index is 500. The second-order valence-corrected chi connectivity index (χ2v) is 5.52. The first kappa shape index (κ1) is 16.9. The molecule has 0 radical (unpaired) electrons. The second-order valence-electron chi connectivity index (χ2n) is 5.52. The van der Waals surface area contributed by atoms with Crippen molar-refractivity contribution in [1.29, 1.82) is 0 Å². The number of carbonyl (C=O) groups excluding carboxylic acids is 1. The number of pyridine rings is 1. The van der Waals surface area contributed by atoms with E-state index < -0.39 is 17.9 Å². The number of aromatic nitrogens is 1. The van der Waals surface area contributed by atoms with Crippen LogP contribution in [-0.4, -0.2) is 34.1 Å². The first-order valence-corrected chi connectivity index (χ1v) is 6.97. The number of nitrogens with one attached hydrogen (secondary N) is 1. The van der Waals surface area contributed by atoms with Crippen molar-refractivity contribution in [3.8, 4) is 5.88 Å². The van der Waals surface area contributed by atoms with E-state index in [1.807, 2.05) is 27.7 Å². The summed E-state index contributed by atoms with van der Waals surface area (Å²) in [6, 6.07) is 3.91. The third-order valence-electron chi connectivity index (χ3n) is 2.62. The number of hydrogen-bond acceptors (Lipinski definition) is 4. The average molecular weight is 294 g/mol. The van der Waals surface area contributed by atoms with Gasteiger partial charge in [-0.3, -0.25) is 4.79 Å². The molecule has 0 saturated heterocycles. The molecule has 0 aliphatic rings. The number of nitrogens with zero attached hydrogens (tertiary/aromatic N) is 1. The first-order chi connectivity index (χ1) is 9.79. The molecule has 116 valence electrons. The molecule has 0 saturated carbocycles. The van der Waals surface area contributed by atoms with Crippen molar-refractivity contribution in [1.82, 2.24) is 10.3 Å². The molecule has 1 unspecified atom stereocenters. The zero-order valence-electron chi connectivity index (χ0n) is 12.8. The summed E-state index contributed by atoms with van der Waals surface area (Å²) < 4.78 is 5.41. The topological polar surface area (TPSA) is 88.5 Å². The molecule has 1 heterocycles. The Morgan fingerprint density at radius 3 is 2.48 bits per heavy atom. The van der Waals surface area contributed by atoms with Gasteiger partial charge >= 0.3 is 5.97 Å². The molecular weight excluding hydrogens is 272 g/mol. The van der Waals surface area contributed by atoms with Gasteiger partial charge in [0.05, 0.1) is 6.10 Å². The zero-order chi connectivity index (χ0) is 16.0. The summed E-state index contributed by atoms with van der Waals surface area (Å²) >= 11 is 0. The molecule has 1 aromatic rings. The number of carboxylic acids is 1. The maximum atomic E-state index is 12.1. The fraction of sp³-hybridized carbons (Fsp3) is 0.533. The van der Waals surface area contributed by atoms with Gasteiger partial charge in [-0.1, -0.05) is 19.9 Å². The lowest BCUT2D eigenvalue weighted by Gasteiger charge is -2.16. The highest BCUT2D eigenvalue weighted by Gasteiger charge is 2.22. The van der Waals surface area contributed by atoms with Crippen molar-refractivity contribution in [3.05, 3.63) is 23.9 Å². The van der Waals surface area contributed by atoms with E-state index in [1.165, 1.54) is 6.07 Å². The van der Waals surface area contributed by atoms with Crippen molar-refractivity contribution < 1.29 is 19.4 Å². The predicted octanol–water partition coefficient (Wildman–Crippen LogP) is 2.10. The van der Waals surface area contributed by atoms with Crippen LogP contribution in [-0.2, 0) is 4.79 Å². The summed E-state index contributed by atoms with van der Waals surface area (Å²) in [5, 5.41) is 11.6. The normalized spacial score (nSPS) is 12.3. The Kier molecular flexibility index (Phi) is 6.14. The molecule has 0 aromatic carbocycles. The summed E-state index contributed by atoms with van der Waals surface area (Å²) in [5.74, 6) is -1.06. The average Bonchev–Trinajstić information content (AvgIpc) is 2.36. The van der Waals surface area contributed by atoms with Crippen LogP contribution in [0.5, 0.6) is 5.88 Å². The predicted molar refractivity (Wildman–Crippen MR) is 78.3 cm³/mol. The molecule has 2 N–H and O–H groups in total. The van der Waals surface area contributed by atoms with Crippen LogP contribution in [0.4, 0.5) is 0 Å². The highest BCUT2D eigenvalue weighted by atomic mass is 16.5. The molecule has 6 heteroatoms. The van der Waals surface area contributed by atoms with Crippen LogP contribution in [0.2, 0.25) is 0 Å². The van der Waals surface area contributed by atoms with Crippen molar-refractivity contribution >= 4 is 11.9 Å². The van der Waals surface area contributed by atoms with Gasteiger partial charge in [0.25, 0.3) is 5.91 Å². The van der Waals surface area contributed by atoms with Crippen molar-refractivity contribution in [3.63, 3.8) is 0 Å². The monoisotopic (exact) mass is 294 g/mol. The van der Waals surface area contributed by atoms with Crippen LogP contribution in [0.15, 0.2) is 18.2 Å². The van der Waals surface area contributed by atoms with Gasteiger partial charge in [-0.25, -0.2) is 9.78 Å². The summed E-state index contributed by atoms with van der Waals surface area (Å²) in [5.41, 5.74) is 0.142. The molecule has 0 aliphatic heterocycles. The Labute approximate surface area is 124 Å². The van der Waals surface area contributed by atoms with Crippen LogP contribution in [0.1, 0.15) is 44.6 Å². The van der Waals surface area contributed by atoms with Gasteiger partial charge in [0, 0.05) is 6.07 Å². The molecule has 0 spiro atoms. The Hall–Kier alpha value is -2.11. The van der Waals surface area contributed by atoms with Crippen LogP contribution in [0.25, 0.3) is 0 Å². The van der Waals surface area contributed by atoms with Crippen LogP contribution in [0, 0.1) is 5.92 Å². The van der Waals surface area contributed by atoms with E-state index in [-0.39, 0.29) is 17.7 Å². The first-order valence-electron chi connectivity index (χ1n) is 6.97. The smallest absolute Gasteiger partial charge is 0.326 e. The molecular formula is C15H22N2O4. The summed E-state index contributed by atoms with van der Waals surface area (Å²) in [7, 11) is 0. The minimum absolute atomic E-state index is 0.0523. The lowest BCUT2D eigenvalue weighted by molar-refractivity contribution is -0.139. The Balaban J connectivity index is 2.80. The van der Waals surface area contributed by atoms with E-state index >= 15 is 0 Å². The quantitative estimate of drug-likeness (QED) is 0.804. The van der Waals surface area contributed by atoms with E-state index in [9.17, 15) is 9.59 Å². The SMILES string of the molecule is CC(C)CC(NC(=O)c1cccc(OC(C)C)n1)C(=O)O. The third-order valence-corrected chi connectivity index (χ3v) is 2.62. The summed E-state index contributed by atoms with van der Waals surface area (Å²) in [6.07, 6.45) is 0.312. The highest BCUT2D eigenvalue weighted by Crippen LogP contribution is 2.11. The largest absolute Gasteiger partial charge is 0.480 e. The van der Waals surface area contributed by atoms with Gasteiger partial charge in [-0.15, -0.1) is 0 Å². The van der Waals surface area contributed by atoms with E-state index in [2.05, 4.69) is 10.3 Å². The number of ether oxygens (including phenoxy) is 1. The highest BCUT2D eigenvalue weighted by molar-refractivity contribution is 5.95. The van der Waals surface area contributed by atoms with Gasteiger partial charge in [0.15, 0.2) is 0 Å².